The molecule has 0 aromatic heterocycles. The molecule has 0 bridgehead atoms. The molecule has 0 aromatic rings. The highest BCUT2D eigenvalue weighted by atomic mass is 28.4. The van der Waals surface area contributed by atoms with Gasteiger partial charge >= 0.3 is 17.6 Å². The molecule has 0 saturated heterocycles. The van der Waals surface area contributed by atoms with Gasteiger partial charge in [-0.2, -0.15) is 10.2 Å². The highest BCUT2D eigenvalue weighted by molar-refractivity contribution is 6.62. The van der Waals surface area contributed by atoms with E-state index < -0.39 is 28.7 Å². The Morgan fingerprint density at radius 3 is 1.64 bits per heavy atom. The zero-order valence-electron chi connectivity index (χ0n) is 29.0. The molecule has 14 nitrogen and oxygen atoms in total. The second-order valence-electron chi connectivity index (χ2n) is 11.7. The van der Waals surface area contributed by atoms with Gasteiger partial charge < -0.3 is 45.8 Å². The third kappa shape index (κ3) is 10.1. The van der Waals surface area contributed by atoms with Gasteiger partial charge in [0.05, 0.1) is 26.3 Å². The van der Waals surface area contributed by atoms with Crippen LogP contribution in [0.1, 0.15) is 47.5 Å². The van der Waals surface area contributed by atoms with Gasteiger partial charge in [0, 0.05) is 81.5 Å². The van der Waals surface area contributed by atoms with Crippen LogP contribution in [0.3, 0.4) is 0 Å². The molecular weight excluding hydrogens is 605 g/mol. The maximum atomic E-state index is 6.22. The molecule has 0 fully saturated rings. The summed E-state index contributed by atoms with van der Waals surface area (Å²) in [6.07, 6.45) is 1.53. The van der Waals surface area contributed by atoms with E-state index in [1.54, 1.807) is 42.7 Å². The Morgan fingerprint density at radius 2 is 1.20 bits per heavy atom. The molecule has 44 heavy (non-hydrogen) atoms. The number of hydrogen-bond donors (Lipinski definition) is 0. The van der Waals surface area contributed by atoms with E-state index in [9.17, 15) is 0 Å². The lowest BCUT2D eigenvalue weighted by molar-refractivity contribution is 0.00856. The Hall–Kier alpha value is -1.35. The summed E-state index contributed by atoms with van der Waals surface area (Å²) >= 11 is 0. The van der Waals surface area contributed by atoms with Crippen LogP contribution in [0.4, 0.5) is 0 Å². The first-order chi connectivity index (χ1) is 20.9. The third-order valence-electron chi connectivity index (χ3n) is 8.02. The minimum Gasteiger partial charge on any atom is -0.380 e. The smallest absolute Gasteiger partial charge is 0.380 e. The molecule has 2 rings (SSSR count). The minimum atomic E-state index is -2.90. The molecule has 0 saturated carbocycles. The van der Waals surface area contributed by atoms with E-state index >= 15 is 0 Å². The Bertz CT molecular complexity index is 931. The summed E-state index contributed by atoms with van der Waals surface area (Å²) in [7, 11) is 4.25. The fourth-order valence-electron chi connectivity index (χ4n) is 5.54. The van der Waals surface area contributed by atoms with E-state index in [1.165, 1.54) is 0 Å². The summed E-state index contributed by atoms with van der Waals surface area (Å²) in [6.45, 7) is 16.5. The lowest BCUT2D eigenvalue weighted by Crippen LogP contribution is -2.56. The van der Waals surface area contributed by atoms with Gasteiger partial charge in [-0.1, -0.05) is 6.92 Å². The van der Waals surface area contributed by atoms with Crippen molar-refractivity contribution in [3.63, 3.8) is 0 Å². The maximum Gasteiger partial charge on any atom is 0.530 e. The number of amidine groups is 2. The third-order valence-corrected chi connectivity index (χ3v) is 13.9. The fraction of sp³-hybridized carbons (Fsp3) is 0.929. The SMILES string of the molecule is CCC(OCCN1CCN=C1C(C)(C)N=NC(C)(C)C1=NCCN1CCOCCC[Si](OC)(OC)OC)[Si](OC)(OC)OC. The molecule has 0 amide bonds. The Kier molecular flexibility index (Phi) is 16.0. The van der Waals surface area contributed by atoms with Crippen LogP contribution >= 0.6 is 0 Å². The quantitative estimate of drug-likeness (QED) is 0.0915. The predicted octanol–water partition coefficient (Wildman–Crippen LogP) is 2.92. The lowest BCUT2D eigenvalue weighted by atomic mass is 10.0. The monoisotopic (exact) mass is 662 g/mol. The molecule has 0 radical (unpaired) electrons. The Balaban J connectivity index is 1.91. The molecule has 2 aliphatic rings. The van der Waals surface area contributed by atoms with Gasteiger partial charge in [0.15, 0.2) is 0 Å². The Morgan fingerprint density at radius 1 is 0.727 bits per heavy atom. The Labute approximate surface area is 267 Å². The first kappa shape index (κ1) is 38.8. The number of rotatable bonds is 23. The van der Waals surface area contributed by atoms with E-state index in [2.05, 4.69) is 37.5 Å². The largest absolute Gasteiger partial charge is 0.530 e. The van der Waals surface area contributed by atoms with Gasteiger partial charge in [-0.15, -0.1) is 0 Å². The van der Waals surface area contributed by atoms with Gasteiger partial charge in [-0.3, -0.25) is 9.98 Å². The van der Waals surface area contributed by atoms with Crippen LogP contribution in [0.25, 0.3) is 0 Å². The van der Waals surface area contributed by atoms with Crippen LogP contribution < -0.4 is 0 Å². The molecule has 256 valence electrons. The van der Waals surface area contributed by atoms with Gasteiger partial charge in [-0.25, -0.2) is 0 Å². The average molecular weight is 663 g/mol. The van der Waals surface area contributed by atoms with E-state index in [1.807, 2.05) is 6.92 Å². The lowest BCUT2D eigenvalue weighted by Gasteiger charge is -2.33. The summed E-state index contributed by atoms with van der Waals surface area (Å²) in [4.78, 5) is 14.1. The van der Waals surface area contributed by atoms with Crippen molar-refractivity contribution >= 4 is 29.3 Å². The van der Waals surface area contributed by atoms with Crippen molar-refractivity contribution in [1.82, 2.24) is 9.80 Å². The van der Waals surface area contributed by atoms with Crippen LogP contribution in [0, 0.1) is 0 Å². The highest BCUT2D eigenvalue weighted by Crippen LogP contribution is 2.25. The van der Waals surface area contributed by atoms with Crippen LogP contribution in [0.2, 0.25) is 6.04 Å². The molecule has 16 heteroatoms. The van der Waals surface area contributed by atoms with Crippen molar-refractivity contribution in [1.29, 1.82) is 0 Å². The van der Waals surface area contributed by atoms with Crippen molar-refractivity contribution in [2.24, 2.45) is 20.2 Å². The summed E-state index contributed by atoms with van der Waals surface area (Å²) < 4.78 is 45.5. The van der Waals surface area contributed by atoms with Crippen LogP contribution in [0.5, 0.6) is 0 Å². The second-order valence-corrected chi connectivity index (χ2v) is 17.9. The van der Waals surface area contributed by atoms with Crippen LogP contribution in [-0.2, 0) is 36.0 Å². The maximum absolute atomic E-state index is 6.22. The van der Waals surface area contributed by atoms with E-state index in [-0.39, 0.29) is 5.73 Å². The topological polar surface area (TPSA) is 130 Å². The zero-order chi connectivity index (χ0) is 32.9. The summed E-state index contributed by atoms with van der Waals surface area (Å²) in [5, 5.41) is 9.66. The summed E-state index contributed by atoms with van der Waals surface area (Å²) in [5.74, 6) is 1.83. The molecule has 0 aromatic carbocycles. The normalized spacial score (nSPS) is 17.6. The zero-order valence-corrected chi connectivity index (χ0v) is 31.0. The molecule has 1 atom stereocenters. The summed E-state index contributed by atoms with van der Waals surface area (Å²) in [6, 6.07) is 0.711. The predicted molar refractivity (Wildman–Crippen MR) is 175 cm³/mol. The number of hydrogen-bond acceptors (Lipinski definition) is 14. The van der Waals surface area contributed by atoms with Crippen molar-refractivity contribution < 1.29 is 36.0 Å². The molecule has 0 spiro atoms. The molecule has 1 unspecified atom stereocenters. The van der Waals surface area contributed by atoms with E-state index in [4.69, 9.17) is 56.2 Å². The molecule has 0 aliphatic carbocycles. The first-order valence-corrected chi connectivity index (χ1v) is 19.2. The van der Waals surface area contributed by atoms with Crippen molar-refractivity contribution in [3.05, 3.63) is 0 Å². The standard InChI is InChI=1S/C28H58N6O8Si2/c1-12-24(44(38-9,39-10)40-11)42-22-19-34-17-15-30-26(34)28(4,5)32-31-27(2,3)25-29-14-16-33(25)18-21-41-20-13-23-43(35-6,36-7)37-8/h24H,12-23H2,1-11H3. The molecule has 2 aliphatic heterocycles. The number of nitrogens with zero attached hydrogens (tertiary/aromatic N) is 6. The van der Waals surface area contributed by atoms with Gasteiger partial charge in [-0.05, 0) is 40.5 Å². The van der Waals surface area contributed by atoms with Crippen molar-refractivity contribution in [2.45, 2.75) is 70.3 Å². The van der Waals surface area contributed by atoms with E-state index in [0.717, 1.165) is 50.7 Å². The minimum absolute atomic E-state index is 0.248. The first-order valence-electron chi connectivity index (χ1n) is 15.5. The van der Waals surface area contributed by atoms with Gasteiger partial charge in [0.1, 0.15) is 28.5 Å². The molecular formula is C28H58N6O8Si2. The average Bonchev–Trinajstić information content (AvgIpc) is 3.71. The van der Waals surface area contributed by atoms with E-state index in [0.29, 0.717) is 39.0 Å². The second kappa shape index (κ2) is 18.1. The summed E-state index contributed by atoms with van der Waals surface area (Å²) in [5.41, 5.74) is -1.45. The van der Waals surface area contributed by atoms with Crippen molar-refractivity contribution in [3.8, 4) is 0 Å². The highest BCUT2D eigenvalue weighted by Gasteiger charge is 2.48. The van der Waals surface area contributed by atoms with Crippen molar-refractivity contribution in [2.75, 3.05) is 102 Å². The fourth-order valence-corrected chi connectivity index (χ4v) is 9.34. The van der Waals surface area contributed by atoms with Crippen LogP contribution in [-0.4, -0.2) is 158 Å². The number of aliphatic imine (C=N–C) groups is 2. The van der Waals surface area contributed by atoms with Gasteiger partial charge in [0.2, 0.25) is 0 Å². The number of azo groups is 1. The molecule has 2 heterocycles. The number of ether oxygens (including phenoxy) is 2. The van der Waals surface area contributed by atoms with Gasteiger partial charge in [0.25, 0.3) is 0 Å². The molecule has 0 N–H and O–H groups in total. The van der Waals surface area contributed by atoms with Crippen LogP contribution in [0.15, 0.2) is 20.2 Å².